The Balaban J connectivity index is 2.97. The van der Waals surface area contributed by atoms with Crippen LogP contribution in [0.2, 0.25) is 0 Å². The Labute approximate surface area is 83.9 Å². The van der Waals surface area contributed by atoms with Gasteiger partial charge in [-0.3, -0.25) is 4.79 Å². The lowest BCUT2D eigenvalue weighted by Gasteiger charge is -2.08. The molecule has 0 amide bonds. The molecule has 0 aliphatic carbocycles. The predicted octanol–water partition coefficient (Wildman–Crippen LogP) is 0.966. The lowest BCUT2D eigenvalue weighted by molar-refractivity contribution is 0.989. The molecule has 1 aromatic heterocycles. The Hall–Kier alpha value is -1.28. The quantitative estimate of drug-likeness (QED) is 0.759. The second kappa shape index (κ2) is 4.10. The lowest BCUT2D eigenvalue weighted by Crippen LogP contribution is -2.17. The first-order valence-corrected chi connectivity index (χ1v) is 4.40. The van der Waals surface area contributed by atoms with E-state index >= 15 is 0 Å². The Morgan fingerprint density at radius 1 is 1.85 bits per heavy atom. The molecule has 1 heterocycles. The summed E-state index contributed by atoms with van der Waals surface area (Å²) in [5.41, 5.74) is -0.235. The number of aromatic amines is 1. The van der Waals surface area contributed by atoms with Crippen LogP contribution in [0.25, 0.3) is 0 Å². The maximum Gasteiger partial charge on any atom is 0.267 e. The van der Waals surface area contributed by atoms with Crippen LogP contribution in [0.15, 0.2) is 15.6 Å². The van der Waals surface area contributed by atoms with Gasteiger partial charge in [-0.25, -0.2) is 4.98 Å². The van der Waals surface area contributed by atoms with Gasteiger partial charge in [-0.2, -0.15) is 0 Å². The van der Waals surface area contributed by atoms with Crippen LogP contribution in [0.1, 0.15) is 6.92 Å². The van der Waals surface area contributed by atoms with E-state index in [1.165, 1.54) is 6.33 Å². The molecule has 0 saturated carbocycles. The summed E-state index contributed by atoms with van der Waals surface area (Å²) in [7, 11) is 0. The lowest BCUT2D eigenvalue weighted by atomic mass is 10.3. The molecule has 4 nitrogen and oxygen atoms in total. The van der Waals surface area contributed by atoms with Crippen LogP contribution < -0.4 is 10.9 Å². The third kappa shape index (κ3) is 2.33. The van der Waals surface area contributed by atoms with E-state index in [0.29, 0.717) is 10.3 Å². The van der Waals surface area contributed by atoms with Gasteiger partial charge >= 0.3 is 0 Å². The van der Waals surface area contributed by atoms with Gasteiger partial charge in [0.25, 0.3) is 5.56 Å². The van der Waals surface area contributed by atoms with E-state index in [1.807, 2.05) is 0 Å². The number of rotatable bonds is 2. The second-order valence-corrected chi connectivity index (χ2v) is 3.22. The van der Waals surface area contributed by atoms with Gasteiger partial charge in [-0.15, -0.1) is 6.42 Å². The van der Waals surface area contributed by atoms with Crippen molar-refractivity contribution in [1.29, 1.82) is 0 Å². The van der Waals surface area contributed by atoms with Crippen molar-refractivity contribution in [2.75, 3.05) is 5.32 Å². The fourth-order valence-corrected chi connectivity index (χ4v) is 1.06. The third-order valence-corrected chi connectivity index (χ3v) is 2.14. The van der Waals surface area contributed by atoms with Crippen LogP contribution in [0.3, 0.4) is 0 Å². The van der Waals surface area contributed by atoms with Gasteiger partial charge in [0.15, 0.2) is 0 Å². The van der Waals surface area contributed by atoms with E-state index in [-0.39, 0.29) is 11.6 Å². The summed E-state index contributed by atoms with van der Waals surface area (Å²) < 4.78 is 0.358. The van der Waals surface area contributed by atoms with Crippen LogP contribution in [-0.2, 0) is 0 Å². The third-order valence-electron chi connectivity index (χ3n) is 1.40. The monoisotopic (exact) mass is 241 g/mol. The van der Waals surface area contributed by atoms with Crippen molar-refractivity contribution in [2.45, 2.75) is 13.0 Å². The highest BCUT2D eigenvalue weighted by Crippen LogP contribution is 2.13. The predicted molar refractivity (Wildman–Crippen MR) is 54.5 cm³/mol. The molecule has 13 heavy (non-hydrogen) atoms. The molecule has 0 bridgehead atoms. The van der Waals surface area contributed by atoms with E-state index in [2.05, 4.69) is 37.1 Å². The van der Waals surface area contributed by atoms with Crippen molar-refractivity contribution >= 4 is 21.7 Å². The Morgan fingerprint density at radius 3 is 3.15 bits per heavy atom. The fraction of sp³-hybridized carbons (Fsp3) is 0.250. The molecule has 1 aromatic rings. The number of terminal acetylenes is 1. The first kappa shape index (κ1) is 9.81. The van der Waals surface area contributed by atoms with Gasteiger partial charge in [0.1, 0.15) is 10.3 Å². The van der Waals surface area contributed by atoms with E-state index in [0.717, 1.165) is 0 Å². The largest absolute Gasteiger partial charge is 0.356 e. The standard InChI is InChI=1S/C8H8BrN3O/c1-3-5(2)12-7-6(9)8(13)11-4-10-7/h1,4-5H,2H3,(H2,10,11,12,13). The summed E-state index contributed by atoms with van der Waals surface area (Å²) in [6.45, 7) is 1.80. The molecule has 68 valence electrons. The summed E-state index contributed by atoms with van der Waals surface area (Å²) in [5, 5.41) is 2.89. The van der Waals surface area contributed by atoms with Crippen LogP contribution in [0.4, 0.5) is 5.82 Å². The van der Waals surface area contributed by atoms with Crippen molar-refractivity contribution in [1.82, 2.24) is 9.97 Å². The number of hydrogen-bond donors (Lipinski definition) is 2. The number of nitrogens with one attached hydrogen (secondary N) is 2. The highest BCUT2D eigenvalue weighted by Gasteiger charge is 2.06. The Morgan fingerprint density at radius 2 is 2.54 bits per heavy atom. The maximum atomic E-state index is 11.1. The summed E-state index contributed by atoms with van der Waals surface area (Å²) in [4.78, 5) is 17.4. The molecule has 0 fully saturated rings. The summed E-state index contributed by atoms with van der Waals surface area (Å²) in [6, 6.07) is -0.161. The molecule has 0 aromatic carbocycles. The number of anilines is 1. The zero-order chi connectivity index (χ0) is 9.84. The topological polar surface area (TPSA) is 57.8 Å². The highest BCUT2D eigenvalue weighted by molar-refractivity contribution is 9.10. The van der Waals surface area contributed by atoms with Gasteiger partial charge in [-0.05, 0) is 22.9 Å². The molecule has 0 aliphatic rings. The number of hydrogen-bond acceptors (Lipinski definition) is 3. The van der Waals surface area contributed by atoms with Crippen molar-refractivity contribution in [3.8, 4) is 12.3 Å². The molecular formula is C8H8BrN3O. The zero-order valence-corrected chi connectivity index (χ0v) is 8.55. The van der Waals surface area contributed by atoms with Crippen LogP contribution >= 0.6 is 15.9 Å². The SMILES string of the molecule is C#CC(C)Nc1nc[nH]c(=O)c1Br. The highest BCUT2D eigenvalue weighted by atomic mass is 79.9. The van der Waals surface area contributed by atoms with E-state index in [1.54, 1.807) is 6.92 Å². The number of H-pyrrole nitrogens is 1. The summed E-state index contributed by atoms with van der Waals surface area (Å²) >= 11 is 3.10. The fourth-order valence-electron chi connectivity index (χ4n) is 0.730. The van der Waals surface area contributed by atoms with Crippen LogP contribution in [-0.4, -0.2) is 16.0 Å². The molecule has 1 atom stereocenters. The molecule has 1 rings (SSSR count). The molecular weight excluding hydrogens is 234 g/mol. The van der Waals surface area contributed by atoms with Crippen molar-refractivity contribution in [3.05, 3.63) is 21.2 Å². The van der Waals surface area contributed by atoms with Gasteiger partial charge in [0, 0.05) is 0 Å². The molecule has 0 saturated heterocycles. The van der Waals surface area contributed by atoms with Gasteiger partial charge in [0.05, 0.1) is 12.4 Å². The summed E-state index contributed by atoms with van der Waals surface area (Å²) in [5.74, 6) is 2.93. The smallest absolute Gasteiger partial charge is 0.267 e. The van der Waals surface area contributed by atoms with Gasteiger partial charge in [0.2, 0.25) is 0 Å². The normalized spacial score (nSPS) is 11.8. The van der Waals surface area contributed by atoms with Crippen molar-refractivity contribution in [2.24, 2.45) is 0 Å². The minimum Gasteiger partial charge on any atom is -0.356 e. The Bertz CT molecular complexity index is 393. The first-order chi connectivity index (χ1) is 6.15. The minimum atomic E-state index is -0.235. The number of nitrogens with zero attached hydrogens (tertiary/aromatic N) is 1. The van der Waals surface area contributed by atoms with Crippen molar-refractivity contribution < 1.29 is 0 Å². The van der Waals surface area contributed by atoms with E-state index in [4.69, 9.17) is 6.42 Å². The zero-order valence-electron chi connectivity index (χ0n) is 6.97. The second-order valence-electron chi connectivity index (χ2n) is 2.43. The van der Waals surface area contributed by atoms with Gasteiger partial charge in [-0.1, -0.05) is 5.92 Å². The van der Waals surface area contributed by atoms with Crippen LogP contribution in [0, 0.1) is 12.3 Å². The average Bonchev–Trinajstić information content (AvgIpc) is 2.13. The van der Waals surface area contributed by atoms with E-state index < -0.39 is 0 Å². The number of halogens is 1. The van der Waals surface area contributed by atoms with Gasteiger partial charge < -0.3 is 10.3 Å². The minimum absolute atomic E-state index is 0.161. The molecule has 0 aliphatic heterocycles. The van der Waals surface area contributed by atoms with Crippen LogP contribution in [0.5, 0.6) is 0 Å². The molecule has 0 radical (unpaired) electrons. The summed E-state index contributed by atoms with van der Waals surface area (Å²) in [6.07, 6.45) is 6.48. The molecule has 0 spiro atoms. The maximum absolute atomic E-state index is 11.1. The molecule has 5 heteroatoms. The van der Waals surface area contributed by atoms with Crippen molar-refractivity contribution in [3.63, 3.8) is 0 Å². The van der Waals surface area contributed by atoms with E-state index in [9.17, 15) is 4.79 Å². The average molecular weight is 242 g/mol. The molecule has 1 unspecified atom stereocenters. The Kier molecular flexibility index (Phi) is 3.09. The number of aromatic nitrogens is 2. The first-order valence-electron chi connectivity index (χ1n) is 3.61. The molecule has 2 N–H and O–H groups in total.